The molecule has 0 nitrogen and oxygen atoms in total. The van der Waals surface area contributed by atoms with Crippen molar-refractivity contribution in [1.29, 1.82) is 0 Å². The van der Waals surface area contributed by atoms with Crippen molar-refractivity contribution in [2.75, 3.05) is 0 Å². The molecule has 0 aliphatic carbocycles. The molecule has 1 aromatic rings. The van der Waals surface area contributed by atoms with Crippen molar-refractivity contribution in [1.82, 2.24) is 0 Å². The molecule has 0 atom stereocenters. The van der Waals surface area contributed by atoms with Gasteiger partial charge in [-0.15, -0.1) is 0 Å². The van der Waals surface area contributed by atoms with E-state index in [4.69, 9.17) is 11.6 Å². The lowest BCUT2D eigenvalue weighted by Gasteiger charge is -2.02. The van der Waals surface area contributed by atoms with Gasteiger partial charge in [-0.2, -0.15) is 0 Å². The van der Waals surface area contributed by atoms with Crippen molar-refractivity contribution in [2.45, 2.75) is 26.2 Å². The fourth-order valence-electron chi connectivity index (χ4n) is 1.43. The molecule has 0 spiro atoms. The zero-order valence-electron chi connectivity index (χ0n) is 9.12. The second-order valence-corrected chi connectivity index (χ2v) is 3.71. The highest BCUT2D eigenvalue weighted by atomic mass is 35.5. The van der Waals surface area contributed by atoms with Gasteiger partial charge >= 0.3 is 0 Å². The lowest BCUT2D eigenvalue weighted by molar-refractivity contribution is 0.962. The largest absolute Gasteiger partial charge is 0.0933 e. The monoisotopic (exact) mass is 220 g/mol. The van der Waals surface area contributed by atoms with Gasteiger partial charge in [0.15, 0.2) is 0 Å². The van der Waals surface area contributed by atoms with Crippen LogP contribution in [0, 0.1) is 0 Å². The zero-order chi connectivity index (χ0) is 10.9. The van der Waals surface area contributed by atoms with Gasteiger partial charge in [-0.1, -0.05) is 67.4 Å². The Kier molecular flexibility index (Phi) is 5.87. The third-order valence-corrected chi connectivity index (χ3v) is 2.41. The van der Waals surface area contributed by atoms with Gasteiger partial charge in [0.2, 0.25) is 0 Å². The molecule has 0 aromatic heterocycles. The van der Waals surface area contributed by atoms with E-state index in [9.17, 15) is 0 Å². The number of rotatable bonds is 5. The molecule has 0 saturated carbocycles. The Bertz CT molecular complexity index is 337. The van der Waals surface area contributed by atoms with Gasteiger partial charge in [0.25, 0.3) is 0 Å². The predicted octanol–water partition coefficient (Wildman–Crippen LogP) is 4.79. The molecule has 0 radical (unpaired) electrons. The second-order valence-electron chi connectivity index (χ2n) is 3.46. The minimum atomic E-state index is 0.899. The quantitative estimate of drug-likeness (QED) is 0.669. The summed E-state index contributed by atoms with van der Waals surface area (Å²) in [5.41, 5.74) is 4.19. The number of unbranched alkanes of at least 4 members (excludes halogenated alkanes) is 1. The Balaban J connectivity index is 2.76. The molecule has 0 N–H and O–H groups in total. The van der Waals surface area contributed by atoms with E-state index in [1.165, 1.54) is 17.5 Å². The van der Waals surface area contributed by atoms with E-state index >= 15 is 0 Å². The summed E-state index contributed by atoms with van der Waals surface area (Å²) in [6.07, 6.45) is 9.62. The van der Waals surface area contributed by atoms with Crippen LogP contribution in [-0.2, 0) is 6.42 Å². The van der Waals surface area contributed by atoms with Crippen LogP contribution < -0.4 is 0 Å². The molecule has 1 aromatic carbocycles. The van der Waals surface area contributed by atoms with E-state index in [0.29, 0.717) is 0 Å². The maximum atomic E-state index is 5.53. The average molecular weight is 221 g/mol. The van der Waals surface area contributed by atoms with Gasteiger partial charge in [-0.3, -0.25) is 0 Å². The molecular weight excluding hydrogens is 204 g/mol. The molecular formula is C14H17Cl. The van der Waals surface area contributed by atoms with Crippen LogP contribution in [0.5, 0.6) is 0 Å². The molecule has 80 valence electrons. The van der Waals surface area contributed by atoms with Crippen LogP contribution in [0.3, 0.4) is 0 Å². The topological polar surface area (TPSA) is 0 Å². The lowest BCUT2D eigenvalue weighted by Crippen LogP contribution is -1.85. The number of allylic oxidation sites excluding steroid dienone is 2. The van der Waals surface area contributed by atoms with E-state index in [1.54, 1.807) is 5.54 Å². The van der Waals surface area contributed by atoms with Crippen molar-refractivity contribution in [3.8, 4) is 0 Å². The van der Waals surface area contributed by atoms with Crippen LogP contribution in [0.4, 0.5) is 0 Å². The molecule has 0 amide bonds. The summed E-state index contributed by atoms with van der Waals surface area (Å²) in [6.45, 7) is 2.19. The van der Waals surface area contributed by atoms with Crippen LogP contribution in [0.15, 0.2) is 42.0 Å². The number of hydrogen-bond donors (Lipinski definition) is 0. The maximum Gasteiger partial charge on any atom is 0.000580 e. The molecule has 0 aliphatic rings. The Hall–Kier alpha value is -1.01. The molecule has 0 heterocycles. The Labute approximate surface area is 97.3 Å². The molecule has 0 fully saturated rings. The highest BCUT2D eigenvalue weighted by molar-refractivity contribution is 6.25. The van der Waals surface area contributed by atoms with Crippen LogP contribution in [-0.4, -0.2) is 0 Å². The van der Waals surface area contributed by atoms with Gasteiger partial charge in [0.1, 0.15) is 0 Å². The molecule has 0 aliphatic heterocycles. The van der Waals surface area contributed by atoms with E-state index in [1.807, 2.05) is 6.08 Å². The van der Waals surface area contributed by atoms with Crippen molar-refractivity contribution in [3.63, 3.8) is 0 Å². The third-order valence-electron chi connectivity index (χ3n) is 2.23. The summed E-state index contributed by atoms with van der Waals surface area (Å²) in [6, 6.07) is 8.42. The van der Waals surface area contributed by atoms with Crippen molar-refractivity contribution in [3.05, 3.63) is 53.1 Å². The van der Waals surface area contributed by atoms with Crippen molar-refractivity contribution < 1.29 is 0 Å². The van der Waals surface area contributed by atoms with Crippen LogP contribution >= 0.6 is 11.6 Å². The van der Waals surface area contributed by atoms with E-state index in [0.717, 1.165) is 12.8 Å². The first-order valence-electron chi connectivity index (χ1n) is 5.38. The van der Waals surface area contributed by atoms with Crippen LogP contribution in [0.1, 0.15) is 30.9 Å². The number of benzene rings is 1. The minimum absolute atomic E-state index is 0.899. The predicted molar refractivity (Wildman–Crippen MR) is 69.1 cm³/mol. The smallest absolute Gasteiger partial charge is 0.000580 e. The minimum Gasteiger partial charge on any atom is -0.0933 e. The first-order valence-corrected chi connectivity index (χ1v) is 5.81. The molecule has 0 unspecified atom stereocenters. The van der Waals surface area contributed by atoms with Crippen LogP contribution in [0.2, 0.25) is 0 Å². The first-order chi connectivity index (χ1) is 7.38. The van der Waals surface area contributed by atoms with E-state index in [2.05, 4.69) is 43.3 Å². The normalized spacial score (nSPS) is 11.6. The number of hydrogen-bond acceptors (Lipinski definition) is 0. The fraction of sp³-hybridized carbons (Fsp3) is 0.286. The van der Waals surface area contributed by atoms with Crippen LogP contribution in [0.25, 0.3) is 6.08 Å². The first kappa shape index (κ1) is 12.1. The summed E-state index contributed by atoms with van der Waals surface area (Å²) in [5.74, 6) is 0. The second kappa shape index (κ2) is 7.30. The summed E-state index contributed by atoms with van der Waals surface area (Å²) in [7, 11) is 0. The highest BCUT2D eigenvalue weighted by Crippen LogP contribution is 2.12. The zero-order valence-corrected chi connectivity index (χ0v) is 9.87. The summed E-state index contributed by atoms with van der Waals surface area (Å²) in [5, 5.41) is 0. The molecule has 0 saturated heterocycles. The standard InChI is InChI=1S/C14H17Cl/c1-2-3-4-8-13-9-5-6-10-14(13)11-7-12-15/h4-10,12H,2-3,11H2,1H3/b8-4-,12-7+. The van der Waals surface area contributed by atoms with Gasteiger partial charge in [-0.05, 0) is 24.0 Å². The molecule has 1 rings (SSSR count). The number of halogens is 1. The summed E-state index contributed by atoms with van der Waals surface area (Å²) < 4.78 is 0. The summed E-state index contributed by atoms with van der Waals surface area (Å²) >= 11 is 5.53. The molecule has 1 heteroatoms. The van der Waals surface area contributed by atoms with Gasteiger partial charge in [-0.25, -0.2) is 0 Å². The molecule has 15 heavy (non-hydrogen) atoms. The summed E-state index contributed by atoms with van der Waals surface area (Å²) in [4.78, 5) is 0. The van der Waals surface area contributed by atoms with Gasteiger partial charge in [0.05, 0.1) is 0 Å². The van der Waals surface area contributed by atoms with Gasteiger partial charge < -0.3 is 0 Å². The van der Waals surface area contributed by atoms with E-state index < -0.39 is 0 Å². The van der Waals surface area contributed by atoms with E-state index in [-0.39, 0.29) is 0 Å². The fourth-order valence-corrected chi connectivity index (χ4v) is 1.52. The lowest BCUT2D eigenvalue weighted by atomic mass is 10.0. The highest BCUT2D eigenvalue weighted by Gasteiger charge is 1.95. The van der Waals surface area contributed by atoms with Crippen molar-refractivity contribution >= 4 is 17.7 Å². The van der Waals surface area contributed by atoms with Gasteiger partial charge in [0, 0.05) is 5.54 Å². The Morgan fingerprint density at radius 1 is 1.20 bits per heavy atom. The molecule has 0 bridgehead atoms. The SMILES string of the molecule is CCC/C=C\c1ccccc1C/C=C/Cl. The Morgan fingerprint density at radius 2 is 2.00 bits per heavy atom. The Morgan fingerprint density at radius 3 is 2.73 bits per heavy atom. The maximum absolute atomic E-state index is 5.53. The van der Waals surface area contributed by atoms with Crippen molar-refractivity contribution in [2.24, 2.45) is 0 Å². The average Bonchev–Trinajstić information content (AvgIpc) is 2.28. The third kappa shape index (κ3) is 4.35.